The summed E-state index contributed by atoms with van der Waals surface area (Å²) in [5, 5.41) is 3.22. The number of nitrogens with one attached hydrogen (secondary N) is 1. The molecule has 1 saturated heterocycles. The number of carbonyl (C=O) groups excluding carboxylic acids is 2. The summed E-state index contributed by atoms with van der Waals surface area (Å²) in [6.45, 7) is 0.715. The van der Waals surface area contributed by atoms with Crippen LogP contribution in [0.2, 0.25) is 0 Å². The first-order valence-corrected chi connectivity index (χ1v) is 8.84. The number of hydrogen-bond donors (Lipinski definition) is 1. The van der Waals surface area contributed by atoms with Gasteiger partial charge < -0.3 is 5.32 Å². The van der Waals surface area contributed by atoms with E-state index in [4.69, 9.17) is 0 Å². The average molecular weight is 387 g/mol. The van der Waals surface area contributed by atoms with Crippen LogP contribution in [0, 0.1) is 0 Å². The number of amides is 2. The molecule has 1 fully saturated rings. The van der Waals surface area contributed by atoms with Crippen LogP contribution in [0.3, 0.4) is 0 Å². The summed E-state index contributed by atoms with van der Waals surface area (Å²) in [6, 6.07) is 17.0. The number of nitrogens with zero attached hydrogens (tertiary/aromatic N) is 1. The Morgan fingerprint density at radius 3 is 2.46 bits per heavy atom. The monoisotopic (exact) mass is 386 g/mol. The van der Waals surface area contributed by atoms with Crippen molar-refractivity contribution < 1.29 is 9.59 Å². The van der Waals surface area contributed by atoms with E-state index in [-0.39, 0.29) is 18.2 Å². The van der Waals surface area contributed by atoms with Crippen molar-refractivity contribution in [1.29, 1.82) is 0 Å². The minimum absolute atomic E-state index is 0.150. The molecule has 1 atom stereocenters. The van der Waals surface area contributed by atoms with Crippen LogP contribution in [0.15, 0.2) is 59.1 Å². The molecule has 1 aliphatic heterocycles. The van der Waals surface area contributed by atoms with E-state index in [9.17, 15) is 9.59 Å². The molecule has 2 aromatic rings. The van der Waals surface area contributed by atoms with E-state index < -0.39 is 6.04 Å². The quantitative estimate of drug-likeness (QED) is 0.611. The molecule has 1 unspecified atom stereocenters. The minimum atomic E-state index is -0.420. The molecule has 1 heterocycles. The Morgan fingerprint density at radius 1 is 1.04 bits per heavy atom. The van der Waals surface area contributed by atoms with E-state index in [1.54, 1.807) is 12.1 Å². The Hall–Kier alpha value is -1.98. The predicted molar refractivity (Wildman–Crippen MR) is 97.8 cm³/mol. The van der Waals surface area contributed by atoms with Gasteiger partial charge in [-0.3, -0.25) is 9.59 Å². The Bertz CT molecular complexity index is 716. The van der Waals surface area contributed by atoms with Gasteiger partial charge in [0, 0.05) is 4.47 Å². The average Bonchev–Trinajstić information content (AvgIpc) is 2.88. The van der Waals surface area contributed by atoms with Gasteiger partial charge in [0.2, 0.25) is 5.91 Å². The molecule has 0 saturated carbocycles. The summed E-state index contributed by atoms with van der Waals surface area (Å²) in [7, 11) is 0. The van der Waals surface area contributed by atoms with Crippen LogP contribution in [0.4, 0.5) is 5.69 Å². The van der Waals surface area contributed by atoms with Crippen LogP contribution in [-0.2, 0) is 16.0 Å². The first-order chi connectivity index (χ1) is 11.6. The Balaban J connectivity index is 1.53. The lowest BCUT2D eigenvalue weighted by atomic mass is 10.1. The molecule has 24 heavy (non-hydrogen) atoms. The van der Waals surface area contributed by atoms with Crippen molar-refractivity contribution in [1.82, 2.24) is 5.32 Å². The maximum absolute atomic E-state index is 12.5. The van der Waals surface area contributed by atoms with E-state index in [1.165, 1.54) is 10.5 Å². The summed E-state index contributed by atoms with van der Waals surface area (Å²) < 4.78 is 0.918. The van der Waals surface area contributed by atoms with Crippen molar-refractivity contribution in [2.24, 2.45) is 0 Å². The number of carbonyl (C=O) groups is 2. The summed E-state index contributed by atoms with van der Waals surface area (Å²) in [4.78, 5) is 26.0. The van der Waals surface area contributed by atoms with E-state index in [0.29, 0.717) is 12.2 Å². The number of aryl methyl sites for hydroxylation is 1. The van der Waals surface area contributed by atoms with Crippen molar-refractivity contribution in [2.45, 2.75) is 25.3 Å². The van der Waals surface area contributed by atoms with Gasteiger partial charge in [-0.15, -0.1) is 0 Å². The lowest BCUT2D eigenvalue weighted by molar-refractivity contribution is -0.121. The third-order valence-corrected chi connectivity index (χ3v) is 4.64. The fraction of sp³-hybridized carbons (Fsp3) is 0.263. The van der Waals surface area contributed by atoms with Gasteiger partial charge in [0.05, 0.1) is 18.2 Å². The highest BCUT2D eigenvalue weighted by Gasteiger charge is 2.38. The molecule has 0 aromatic heterocycles. The molecule has 5 heteroatoms. The molecule has 0 spiro atoms. The second-order valence-electron chi connectivity index (χ2n) is 5.84. The first-order valence-electron chi connectivity index (χ1n) is 8.05. The zero-order valence-corrected chi connectivity index (χ0v) is 14.8. The van der Waals surface area contributed by atoms with Gasteiger partial charge in [0.15, 0.2) is 0 Å². The van der Waals surface area contributed by atoms with E-state index >= 15 is 0 Å². The maximum Gasteiger partial charge on any atom is 0.251 e. The van der Waals surface area contributed by atoms with Crippen molar-refractivity contribution in [3.05, 3.63) is 64.6 Å². The Morgan fingerprint density at radius 2 is 1.75 bits per heavy atom. The normalized spacial score (nSPS) is 17.5. The molecule has 124 valence electrons. The van der Waals surface area contributed by atoms with Gasteiger partial charge in [-0.05, 0) is 49.2 Å². The van der Waals surface area contributed by atoms with Crippen LogP contribution in [0.5, 0.6) is 0 Å². The number of benzene rings is 2. The lowest BCUT2D eigenvalue weighted by Gasteiger charge is -2.15. The van der Waals surface area contributed by atoms with Crippen LogP contribution < -0.4 is 10.2 Å². The maximum atomic E-state index is 12.5. The number of rotatable bonds is 6. The second-order valence-corrected chi connectivity index (χ2v) is 6.76. The van der Waals surface area contributed by atoms with Crippen molar-refractivity contribution in [3.63, 3.8) is 0 Å². The Kier molecular flexibility index (Phi) is 5.43. The van der Waals surface area contributed by atoms with E-state index in [2.05, 4.69) is 33.4 Å². The summed E-state index contributed by atoms with van der Waals surface area (Å²) in [5.41, 5.74) is 1.91. The van der Waals surface area contributed by atoms with Crippen LogP contribution >= 0.6 is 15.9 Å². The van der Waals surface area contributed by atoms with Gasteiger partial charge in [0.25, 0.3) is 5.91 Å². The standard InChI is InChI=1S/C19H19BrN2O2/c20-15-8-10-16(11-9-15)22-18(23)13-17(19(22)24)21-12-4-7-14-5-2-1-3-6-14/h1-3,5-6,8-11,17,21H,4,7,12-13H2. The zero-order chi connectivity index (χ0) is 16.9. The topological polar surface area (TPSA) is 49.4 Å². The molecule has 1 N–H and O–H groups in total. The molecule has 2 amide bonds. The van der Waals surface area contributed by atoms with Crippen LogP contribution in [0.1, 0.15) is 18.4 Å². The molecule has 0 bridgehead atoms. The SMILES string of the molecule is O=C1CC(NCCCc2ccccc2)C(=O)N1c1ccc(Br)cc1. The highest BCUT2D eigenvalue weighted by atomic mass is 79.9. The molecule has 2 aromatic carbocycles. The zero-order valence-electron chi connectivity index (χ0n) is 13.2. The lowest BCUT2D eigenvalue weighted by Crippen LogP contribution is -2.39. The summed E-state index contributed by atoms with van der Waals surface area (Å²) in [6.07, 6.45) is 2.11. The first kappa shape index (κ1) is 16.9. The van der Waals surface area contributed by atoms with Crippen LogP contribution in [-0.4, -0.2) is 24.4 Å². The fourth-order valence-electron chi connectivity index (χ4n) is 2.87. The number of anilines is 1. The van der Waals surface area contributed by atoms with Gasteiger partial charge in [-0.1, -0.05) is 46.3 Å². The molecule has 0 aliphatic carbocycles. The van der Waals surface area contributed by atoms with Gasteiger partial charge in [-0.2, -0.15) is 0 Å². The number of hydrogen-bond acceptors (Lipinski definition) is 3. The van der Waals surface area contributed by atoms with Crippen LogP contribution in [0.25, 0.3) is 0 Å². The predicted octanol–water partition coefficient (Wildman–Crippen LogP) is 3.30. The fourth-order valence-corrected chi connectivity index (χ4v) is 3.13. The van der Waals surface area contributed by atoms with Crippen molar-refractivity contribution in [2.75, 3.05) is 11.4 Å². The van der Waals surface area contributed by atoms with Crippen molar-refractivity contribution in [3.8, 4) is 0 Å². The van der Waals surface area contributed by atoms with Crippen molar-refractivity contribution >= 4 is 33.4 Å². The molecule has 3 rings (SSSR count). The second kappa shape index (κ2) is 7.73. The summed E-state index contributed by atoms with van der Waals surface area (Å²) in [5.74, 6) is -0.315. The molecular weight excluding hydrogens is 368 g/mol. The smallest absolute Gasteiger partial charge is 0.251 e. The highest BCUT2D eigenvalue weighted by Crippen LogP contribution is 2.24. The minimum Gasteiger partial charge on any atom is -0.305 e. The Labute approximate surface area is 150 Å². The largest absolute Gasteiger partial charge is 0.305 e. The molecule has 1 aliphatic rings. The van der Waals surface area contributed by atoms with Gasteiger partial charge in [0.1, 0.15) is 0 Å². The van der Waals surface area contributed by atoms with E-state index in [0.717, 1.165) is 17.3 Å². The van der Waals surface area contributed by atoms with Gasteiger partial charge >= 0.3 is 0 Å². The van der Waals surface area contributed by atoms with Gasteiger partial charge in [-0.25, -0.2) is 4.90 Å². The number of imide groups is 1. The molecule has 0 radical (unpaired) electrons. The molecular formula is C19H19BrN2O2. The number of halogens is 1. The summed E-state index contributed by atoms with van der Waals surface area (Å²) >= 11 is 3.36. The molecule has 4 nitrogen and oxygen atoms in total. The third-order valence-electron chi connectivity index (χ3n) is 4.11. The third kappa shape index (κ3) is 3.91. The highest BCUT2D eigenvalue weighted by molar-refractivity contribution is 9.10. The van der Waals surface area contributed by atoms with E-state index in [1.807, 2.05) is 30.3 Å².